The molecule has 7 nitrogen and oxygen atoms in total. The van der Waals surface area contributed by atoms with Gasteiger partial charge in [-0.05, 0) is 26.1 Å². The van der Waals surface area contributed by atoms with E-state index in [0.29, 0.717) is 18.1 Å². The molecule has 1 atom stereocenters. The minimum Gasteiger partial charge on any atom is -0.444 e. The Morgan fingerprint density at radius 1 is 1.31 bits per heavy atom. The van der Waals surface area contributed by atoms with Crippen LogP contribution in [0, 0.1) is 6.92 Å². The van der Waals surface area contributed by atoms with Crippen molar-refractivity contribution >= 4 is 18.3 Å². The lowest BCUT2D eigenvalue weighted by molar-refractivity contribution is -0.123. The molecular weight excluding hydrogens is 354 g/mol. The number of benzene rings is 1. The second kappa shape index (κ2) is 8.64. The van der Waals surface area contributed by atoms with Crippen molar-refractivity contribution < 1.29 is 9.21 Å². The Kier molecular flexibility index (Phi) is 6.54. The molecule has 0 fully saturated rings. The van der Waals surface area contributed by atoms with E-state index in [4.69, 9.17) is 4.42 Å². The maximum absolute atomic E-state index is 12.4. The number of carbonyl (C=O) groups is 1. The van der Waals surface area contributed by atoms with E-state index in [1.165, 1.54) is 5.56 Å². The smallest absolute Gasteiger partial charge is 0.242 e. The topological polar surface area (TPSA) is 85.0 Å². The third kappa shape index (κ3) is 4.50. The number of carbonyl (C=O) groups excluding carboxylic acids is 1. The van der Waals surface area contributed by atoms with Crippen LogP contribution in [0.5, 0.6) is 0 Å². The predicted octanol–water partition coefficient (Wildman–Crippen LogP) is 2.38. The molecule has 0 aliphatic carbocycles. The summed E-state index contributed by atoms with van der Waals surface area (Å²) in [4.78, 5) is 16.8. The van der Waals surface area contributed by atoms with Gasteiger partial charge >= 0.3 is 0 Å². The normalized spacial score (nSPS) is 11.7. The van der Waals surface area contributed by atoms with Gasteiger partial charge in [-0.3, -0.25) is 9.48 Å². The molecule has 1 unspecified atom stereocenters. The van der Waals surface area contributed by atoms with Crippen molar-refractivity contribution in [3.05, 3.63) is 59.7 Å². The quantitative estimate of drug-likeness (QED) is 0.691. The first-order valence-corrected chi connectivity index (χ1v) is 8.02. The number of nitrogens with one attached hydrogen (secondary N) is 2. The van der Waals surface area contributed by atoms with Gasteiger partial charge in [0.25, 0.3) is 0 Å². The van der Waals surface area contributed by atoms with Crippen molar-refractivity contribution in [1.29, 1.82) is 0 Å². The summed E-state index contributed by atoms with van der Waals surface area (Å²) in [6.45, 7) is 2.33. The zero-order valence-electron chi connectivity index (χ0n) is 14.9. The van der Waals surface area contributed by atoms with Crippen LogP contribution in [0.3, 0.4) is 0 Å². The Morgan fingerprint density at radius 2 is 2.04 bits per heavy atom. The highest BCUT2D eigenvalue weighted by Crippen LogP contribution is 2.19. The number of nitrogens with zero attached hydrogens (tertiary/aromatic N) is 3. The Bertz CT molecular complexity index is 857. The van der Waals surface area contributed by atoms with Gasteiger partial charge in [-0.2, -0.15) is 5.10 Å². The summed E-state index contributed by atoms with van der Waals surface area (Å²) >= 11 is 0. The van der Waals surface area contributed by atoms with E-state index >= 15 is 0 Å². The van der Waals surface area contributed by atoms with Crippen LogP contribution < -0.4 is 10.6 Å². The molecule has 2 N–H and O–H groups in total. The Labute approximate surface area is 158 Å². The zero-order valence-corrected chi connectivity index (χ0v) is 15.7. The van der Waals surface area contributed by atoms with E-state index in [9.17, 15) is 4.79 Å². The van der Waals surface area contributed by atoms with Gasteiger partial charge in [0.15, 0.2) is 0 Å². The monoisotopic (exact) mass is 375 g/mol. The number of likely N-dealkylation sites (N-methyl/N-ethyl adjacent to an activating group) is 1. The van der Waals surface area contributed by atoms with E-state index < -0.39 is 6.04 Å². The number of rotatable bonds is 6. The van der Waals surface area contributed by atoms with Crippen LogP contribution in [-0.2, 0) is 18.4 Å². The maximum atomic E-state index is 12.4. The van der Waals surface area contributed by atoms with Gasteiger partial charge in [0, 0.05) is 24.4 Å². The molecule has 0 saturated carbocycles. The van der Waals surface area contributed by atoms with Gasteiger partial charge in [-0.15, -0.1) is 12.4 Å². The Balaban J connectivity index is 0.00000243. The molecule has 138 valence electrons. The van der Waals surface area contributed by atoms with Crippen molar-refractivity contribution in [2.75, 3.05) is 7.05 Å². The minimum absolute atomic E-state index is 0. The third-order valence-corrected chi connectivity index (χ3v) is 3.90. The van der Waals surface area contributed by atoms with Crippen molar-refractivity contribution in [3.63, 3.8) is 0 Å². The van der Waals surface area contributed by atoms with Crippen molar-refractivity contribution in [1.82, 2.24) is 25.4 Å². The van der Waals surface area contributed by atoms with Crippen molar-refractivity contribution in [2.24, 2.45) is 7.05 Å². The van der Waals surface area contributed by atoms with E-state index in [-0.39, 0.29) is 18.3 Å². The molecule has 0 saturated heterocycles. The predicted molar refractivity (Wildman–Crippen MR) is 101 cm³/mol. The van der Waals surface area contributed by atoms with Crippen LogP contribution in [-0.4, -0.2) is 27.7 Å². The van der Waals surface area contributed by atoms with E-state index in [1.807, 2.05) is 44.4 Å². The highest BCUT2D eigenvalue weighted by Gasteiger charge is 2.20. The van der Waals surface area contributed by atoms with Crippen LogP contribution in [0.1, 0.15) is 22.9 Å². The molecule has 2 heterocycles. The lowest BCUT2D eigenvalue weighted by Gasteiger charge is -2.13. The van der Waals surface area contributed by atoms with Gasteiger partial charge in [0.05, 0.1) is 18.4 Å². The fourth-order valence-corrected chi connectivity index (χ4v) is 2.53. The van der Waals surface area contributed by atoms with Gasteiger partial charge in [-0.1, -0.05) is 17.7 Å². The van der Waals surface area contributed by atoms with Gasteiger partial charge in [-0.25, -0.2) is 4.98 Å². The number of hydrogen-bond donors (Lipinski definition) is 2. The molecule has 1 aromatic carbocycles. The Morgan fingerprint density at radius 3 is 2.65 bits per heavy atom. The van der Waals surface area contributed by atoms with E-state index in [1.54, 1.807) is 24.2 Å². The summed E-state index contributed by atoms with van der Waals surface area (Å²) in [7, 11) is 3.55. The molecule has 0 radical (unpaired) electrons. The third-order valence-electron chi connectivity index (χ3n) is 3.90. The minimum atomic E-state index is -0.461. The van der Waals surface area contributed by atoms with Crippen molar-refractivity contribution in [3.8, 4) is 11.5 Å². The average molecular weight is 376 g/mol. The van der Waals surface area contributed by atoms with Crippen LogP contribution in [0.4, 0.5) is 0 Å². The van der Waals surface area contributed by atoms with E-state index in [2.05, 4.69) is 20.7 Å². The summed E-state index contributed by atoms with van der Waals surface area (Å²) in [6.07, 6.45) is 5.05. The summed E-state index contributed by atoms with van der Waals surface area (Å²) in [5, 5.41) is 9.96. The van der Waals surface area contributed by atoms with Crippen LogP contribution >= 0.6 is 12.4 Å². The molecule has 0 spiro atoms. The van der Waals surface area contributed by atoms with Gasteiger partial charge < -0.3 is 15.1 Å². The zero-order chi connectivity index (χ0) is 17.8. The van der Waals surface area contributed by atoms with E-state index in [0.717, 1.165) is 11.1 Å². The fourth-order valence-electron chi connectivity index (χ4n) is 2.53. The fraction of sp³-hybridized carbons (Fsp3) is 0.278. The molecule has 0 bridgehead atoms. The van der Waals surface area contributed by atoms with Crippen LogP contribution in [0.2, 0.25) is 0 Å². The van der Waals surface area contributed by atoms with Gasteiger partial charge in [0.1, 0.15) is 12.3 Å². The summed E-state index contributed by atoms with van der Waals surface area (Å²) < 4.78 is 7.17. The second-order valence-corrected chi connectivity index (χ2v) is 5.90. The number of halogens is 1. The molecular formula is C18H22ClN5O2. The molecule has 3 aromatic rings. The number of aromatic nitrogens is 3. The lowest BCUT2D eigenvalue weighted by atomic mass is 10.1. The Hall–Kier alpha value is -2.64. The second-order valence-electron chi connectivity index (χ2n) is 5.90. The number of aryl methyl sites for hydroxylation is 2. The molecule has 8 heteroatoms. The van der Waals surface area contributed by atoms with Crippen LogP contribution in [0.15, 0.2) is 47.3 Å². The molecule has 3 rings (SSSR count). The highest BCUT2D eigenvalue weighted by molar-refractivity contribution is 5.85. The number of amides is 1. The SMILES string of the molecule is CNC(C(=O)NCc1coc(-c2ccc(C)cc2)n1)c1cnn(C)c1.Cl. The molecule has 26 heavy (non-hydrogen) atoms. The van der Waals surface area contributed by atoms with Crippen molar-refractivity contribution in [2.45, 2.75) is 19.5 Å². The largest absolute Gasteiger partial charge is 0.444 e. The van der Waals surface area contributed by atoms with Crippen LogP contribution in [0.25, 0.3) is 11.5 Å². The lowest BCUT2D eigenvalue weighted by Crippen LogP contribution is -2.35. The first-order chi connectivity index (χ1) is 12.1. The highest BCUT2D eigenvalue weighted by atomic mass is 35.5. The molecule has 2 aromatic heterocycles. The summed E-state index contributed by atoms with van der Waals surface area (Å²) in [6, 6.07) is 7.47. The molecule has 0 aliphatic rings. The van der Waals surface area contributed by atoms with Gasteiger partial charge in [0.2, 0.25) is 11.8 Å². The first-order valence-electron chi connectivity index (χ1n) is 8.02. The summed E-state index contributed by atoms with van der Waals surface area (Å²) in [5.74, 6) is 0.400. The maximum Gasteiger partial charge on any atom is 0.242 e. The first kappa shape index (κ1) is 19.7. The molecule has 1 amide bonds. The standard InChI is InChI=1S/C18H21N5O2.ClH/c1-12-4-6-13(7-5-12)18-22-15(11-25-18)9-20-17(24)16(19-2)14-8-21-23(3)10-14;/h4-8,10-11,16,19H,9H2,1-3H3,(H,20,24);1H. The number of hydrogen-bond acceptors (Lipinski definition) is 5. The average Bonchev–Trinajstić information content (AvgIpc) is 3.24. The molecule has 0 aliphatic heterocycles. The number of oxazole rings is 1. The summed E-state index contributed by atoms with van der Waals surface area (Å²) in [5.41, 5.74) is 3.57.